The summed E-state index contributed by atoms with van der Waals surface area (Å²) in [5.41, 5.74) is 11.3. The van der Waals surface area contributed by atoms with Gasteiger partial charge in [-0.3, -0.25) is 4.79 Å². The van der Waals surface area contributed by atoms with Crippen LogP contribution >= 0.6 is 0 Å². The van der Waals surface area contributed by atoms with Crippen molar-refractivity contribution in [2.45, 2.75) is 52.1 Å². The van der Waals surface area contributed by atoms with Crippen LogP contribution in [0.2, 0.25) is 0 Å². The number of anilines is 2. The topological polar surface area (TPSA) is 70.4 Å². The Labute approximate surface area is 174 Å². The molecule has 5 heteroatoms. The molecule has 1 aliphatic rings. The van der Waals surface area contributed by atoms with Gasteiger partial charge in [0.15, 0.2) is 0 Å². The van der Waals surface area contributed by atoms with E-state index in [1.165, 1.54) is 5.56 Å². The quantitative estimate of drug-likeness (QED) is 0.629. The summed E-state index contributed by atoms with van der Waals surface area (Å²) < 4.78 is 0. The van der Waals surface area contributed by atoms with E-state index in [1.54, 1.807) is 0 Å². The van der Waals surface area contributed by atoms with Gasteiger partial charge < -0.3 is 21.3 Å². The minimum Gasteiger partial charge on any atom is -0.397 e. The van der Waals surface area contributed by atoms with E-state index in [1.807, 2.05) is 26.0 Å². The van der Waals surface area contributed by atoms with Crippen molar-refractivity contribution < 1.29 is 4.79 Å². The third kappa shape index (κ3) is 5.97. The molecule has 4 N–H and O–H groups in total. The highest BCUT2D eigenvalue weighted by molar-refractivity contribution is 5.85. The summed E-state index contributed by atoms with van der Waals surface area (Å²) in [4.78, 5) is 15.1. The first-order valence-electron chi connectivity index (χ1n) is 10.6. The molecular formula is C24H34N4O. The first-order valence-corrected chi connectivity index (χ1v) is 10.6. The molecule has 3 rings (SSSR count). The van der Waals surface area contributed by atoms with Crippen molar-refractivity contribution >= 4 is 17.3 Å². The lowest BCUT2D eigenvalue weighted by atomic mass is 10.0. The molecule has 1 saturated heterocycles. The molecule has 0 radical (unpaired) electrons. The fraction of sp³-hybridized carbons (Fsp3) is 0.458. The van der Waals surface area contributed by atoms with Crippen molar-refractivity contribution in [2.75, 3.05) is 30.7 Å². The average molecular weight is 395 g/mol. The largest absolute Gasteiger partial charge is 0.397 e. The number of carbonyl (C=O) groups is 1. The third-order valence-corrected chi connectivity index (χ3v) is 5.92. The molecule has 29 heavy (non-hydrogen) atoms. The van der Waals surface area contributed by atoms with E-state index >= 15 is 0 Å². The van der Waals surface area contributed by atoms with Gasteiger partial charge in [0.25, 0.3) is 0 Å². The predicted octanol–water partition coefficient (Wildman–Crippen LogP) is 3.51. The van der Waals surface area contributed by atoms with Gasteiger partial charge in [-0.05, 0) is 68.9 Å². The van der Waals surface area contributed by atoms with E-state index < -0.39 is 0 Å². The Balaban J connectivity index is 1.42. The van der Waals surface area contributed by atoms with Crippen molar-refractivity contribution in [3.63, 3.8) is 0 Å². The lowest BCUT2D eigenvalue weighted by Gasteiger charge is -2.33. The number of amides is 1. The number of aryl methyl sites for hydroxylation is 2. The van der Waals surface area contributed by atoms with Crippen LogP contribution in [0.15, 0.2) is 42.5 Å². The highest BCUT2D eigenvalue weighted by Gasteiger charge is 2.23. The summed E-state index contributed by atoms with van der Waals surface area (Å²) >= 11 is 0. The number of nitrogens with two attached hydrogens (primary N) is 1. The van der Waals surface area contributed by atoms with Crippen molar-refractivity contribution in [3.05, 3.63) is 59.2 Å². The summed E-state index contributed by atoms with van der Waals surface area (Å²) in [5.74, 6) is 0.0327. The smallest absolute Gasteiger partial charge is 0.242 e. The Hall–Kier alpha value is -2.53. The van der Waals surface area contributed by atoms with Crippen LogP contribution in [0.5, 0.6) is 0 Å². The van der Waals surface area contributed by atoms with Gasteiger partial charge in [-0.15, -0.1) is 0 Å². The van der Waals surface area contributed by atoms with E-state index in [0.29, 0.717) is 5.69 Å². The van der Waals surface area contributed by atoms with Crippen LogP contribution in [0, 0.1) is 13.8 Å². The minimum atomic E-state index is -0.324. The molecular weight excluding hydrogens is 360 g/mol. The summed E-state index contributed by atoms with van der Waals surface area (Å²) in [6, 6.07) is 14.5. The Bertz CT molecular complexity index is 813. The van der Waals surface area contributed by atoms with E-state index in [-0.39, 0.29) is 18.0 Å². The summed E-state index contributed by atoms with van der Waals surface area (Å²) in [7, 11) is 0. The monoisotopic (exact) mass is 394 g/mol. The number of carbonyl (C=O) groups excluding carboxylic acids is 1. The highest BCUT2D eigenvalue weighted by Crippen LogP contribution is 2.23. The third-order valence-electron chi connectivity index (χ3n) is 5.92. The van der Waals surface area contributed by atoms with Crippen molar-refractivity contribution in [3.8, 4) is 0 Å². The van der Waals surface area contributed by atoms with E-state index in [0.717, 1.165) is 55.7 Å². The first kappa shape index (κ1) is 21.2. The fourth-order valence-electron chi connectivity index (χ4n) is 3.82. The Morgan fingerprint density at radius 1 is 1.14 bits per heavy atom. The molecule has 1 unspecified atom stereocenters. The molecule has 156 valence electrons. The number of likely N-dealkylation sites (tertiary alicyclic amines) is 1. The maximum absolute atomic E-state index is 12.6. The molecule has 2 aromatic carbocycles. The van der Waals surface area contributed by atoms with Crippen molar-refractivity contribution in [2.24, 2.45) is 0 Å². The van der Waals surface area contributed by atoms with E-state index in [4.69, 9.17) is 5.73 Å². The van der Waals surface area contributed by atoms with Crippen LogP contribution in [-0.2, 0) is 11.2 Å². The van der Waals surface area contributed by atoms with Crippen molar-refractivity contribution in [1.82, 2.24) is 10.2 Å². The van der Waals surface area contributed by atoms with E-state index in [2.05, 4.69) is 52.8 Å². The number of piperidine rings is 1. The number of hydrogen-bond acceptors (Lipinski definition) is 4. The van der Waals surface area contributed by atoms with Crippen LogP contribution in [0.4, 0.5) is 11.4 Å². The second kappa shape index (κ2) is 9.79. The predicted molar refractivity (Wildman–Crippen MR) is 121 cm³/mol. The van der Waals surface area contributed by atoms with Crippen molar-refractivity contribution in [1.29, 1.82) is 0 Å². The molecule has 1 atom stereocenters. The summed E-state index contributed by atoms with van der Waals surface area (Å²) in [5, 5.41) is 6.48. The van der Waals surface area contributed by atoms with Crippen LogP contribution in [-0.4, -0.2) is 42.5 Å². The maximum atomic E-state index is 12.6. The zero-order valence-corrected chi connectivity index (χ0v) is 17.9. The molecule has 5 nitrogen and oxygen atoms in total. The normalized spacial score (nSPS) is 16.4. The number of rotatable bonds is 7. The van der Waals surface area contributed by atoms with Gasteiger partial charge in [0, 0.05) is 25.7 Å². The molecule has 1 heterocycles. The highest BCUT2D eigenvalue weighted by atomic mass is 16.2. The van der Waals surface area contributed by atoms with Gasteiger partial charge in [-0.25, -0.2) is 0 Å². The standard InChI is InChI=1S/C24H34N4O/c1-17-15-22(25)23(16-18(17)2)26-19(3)24(29)27-21-10-13-28(14-11-21)12-9-20-7-5-4-6-8-20/h4-8,15-16,19,21,26H,9-14,25H2,1-3H3,(H,27,29). The number of benzene rings is 2. The number of nitrogens with one attached hydrogen (secondary N) is 2. The molecule has 0 spiro atoms. The van der Waals surface area contributed by atoms with Crippen LogP contribution in [0.1, 0.15) is 36.5 Å². The Morgan fingerprint density at radius 2 is 1.79 bits per heavy atom. The van der Waals surface area contributed by atoms with Gasteiger partial charge in [-0.1, -0.05) is 30.3 Å². The van der Waals surface area contributed by atoms with Crippen LogP contribution in [0.25, 0.3) is 0 Å². The Morgan fingerprint density at radius 3 is 2.48 bits per heavy atom. The average Bonchev–Trinajstić information content (AvgIpc) is 2.72. The summed E-state index contributed by atoms with van der Waals surface area (Å²) in [6.45, 7) is 9.12. The fourth-order valence-corrected chi connectivity index (χ4v) is 3.82. The first-order chi connectivity index (χ1) is 13.9. The molecule has 0 aromatic heterocycles. The molecule has 1 fully saturated rings. The zero-order valence-electron chi connectivity index (χ0n) is 17.9. The van der Waals surface area contributed by atoms with Gasteiger partial charge in [0.1, 0.15) is 6.04 Å². The Kier molecular flexibility index (Phi) is 7.15. The minimum absolute atomic E-state index is 0.0327. The SMILES string of the molecule is Cc1cc(N)c(NC(C)C(=O)NC2CCN(CCc3ccccc3)CC2)cc1C. The zero-order chi connectivity index (χ0) is 20.8. The lowest BCUT2D eigenvalue weighted by molar-refractivity contribution is -0.122. The molecule has 1 amide bonds. The van der Waals surface area contributed by atoms with Crippen LogP contribution < -0.4 is 16.4 Å². The summed E-state index contributed by atoms with van der Waals surface area (Å²) in [6.07, 6.45) is 3.08. The number of nitrogen functional groups attached to an aromatic ring is 1. The number of nitrogens with zero attached hydrogens (tertiary/aromatic N) is 1. The number of hydrogen-bond donors (Lipinski definition) is 3. The van der Waals surface area contributed by atoms with Gasteiger partial charge >= 0.3 is 0 Å². The lowest BCUT2D eigenvalue weighted by Crippen LogP contribution is -2.48. The van der Waals surface area contributed by atoms with E-state index in [9.17, 15) is 4.79 Å². The van der Waals surface area contributed by atoms with Crippen LogP contribution in [0.3, 0.4) is 0 Å². The molecule has 2 aromatic rings. The molecule has 0 aliphatic carbocycles. The van der Waals surface area contributed by atoms with Gasteiger partial charge in [0.2, 0.25) is 5.91 Å². The van der Waals surface area contributed by atoms with Gasteiger partial charge in [0.05, 0.1) is 11.4 Å². The van der Waals surface area contributed by atoms with Gasteiger partial charge in [-0.2, -0.15) is 0 Å². The maximum Gasteiger partial charge on any atom is 0.242 e. The second-order valence-corrected chi connectivity index (χ2v) is 8.25. The second-order valence-electron chi connectivity index (χ2n) is 8.25. The molecule has 0 saturated carbocycles. The molecule has 1 aliphatic heterocycles. The molecule has 0 bridgehead atoms.